The van der Waals surface area contributed by atoms with Gasteiger partial charge in [-0.3, -0.25) is 4.79 Å². The average molecular weight is 383 g/mol. The van der Waals surface area contributed by atoms with Crippen LogP contribution in [-0.2, 0) is 23.8 Å². The van der Waals surface area contributed by atoms with Crippen LogP contribution in [0.1, 0.15) is 49.6 Å². The number of alkyl halides is 3. The topological polar surface area (TPSA) is 55.4 Å². The van der Waals surface area contributed by atoms with Gasteiger partial charge in [0.05, 0.1) is 23.8 Å². The van der Waals surface area contributed by atoms with E-state index in [2.05, 4.69) is 5.32 Å². The van der Waals surface area contributed by atoms with Gasteiger partial charge in [-0.15, -0.1) is 11.3 Å². The van der Waals surface area contributed by atoms with E-state index in [0.29, 0.717) is 6.42 Å². The fourth-order valence-electron chi connectivity index (χ4n) is 3.07. The van der Waals surface area contributed by atoms with Gasteiger partial charge in [0.1, 0.15) is 5.00 Å². The largest absolute Gasteiger partial charge is 0.465 e. The number of esters is 1. The molecule has 4 nitrogen and oxygen atoms in total. The number of carbonyl (C=O) groups excluding carboxylic acids is 2. The molecule has 1 aromatic carbocycles. The number of hydrogen-bond acceptors (Lipinski definition) is 4. The minimum atomic E-state index is -4.65. The highest BCUT2D eigenvalue weighted by Crippen LogP contribution is 2.39. The second-order valence-corrected chi connectivity index (χ2v) is 7.01. The summed E-state index contributed by atoms with van der Waals surface area (Å²) in [5, 5.41) is 2.73. The number of thiophene rings is 1. The molecular weight excluding hydrogens is 367 g/mol. The highest BCUT2D eigenvalue weighted by Gasteiger charge is 2.35. The number of hydrogen-bond donors (Lipinski definition) is 1. The van der Waals surface area contributed by atoms with Gasteiger partial charge in [-0.25, -0.2) is 4.79 Å². The first kappa shape index (κ1) is 18.4. The number of aryl methyl sites for hydroxylation is 1. The van der Waals surface area contributed by atoms with Crippen molar-refractivity contribution in [3.8, 4) is 0 Å². The molecule has 0 spiro atoms. The molecule has 3 rings (SSSR count). The molecule has 1 amide bonds. The Morgan fingerprint density at radius 3 is 2.54 bits per heavy atom. The number of fused-ring (bicyclic) bond motifs is 1. The zero-order valence-corrected chi connectivity index (χ0v) is 14.7. The van der Waals surface area contributed by atoms with Crippen LogP contribution in [-0.4, -0.2) is 19.0 Å². The third-order valence-electron chi connectivity index (χ3n) is 4.26. The van der Waals surface area contributed by atoms with Gasteiger partial charge in [0.15, 0.2) is 0 Å². The van der Waals surface area contributed by atoms with Crippen LogP contribution in [0.25, 0.3) is 0 Å². The van der Waals surface area contributed by atoms with E-state index in [1.54, 1.807) is 0 Å². The molecule has 1 aromatic heterocycles. The summed E-state index contributed by atoms with van der Waals surface area (Å²) in [4.78, 5) is 25.6. The van der Waals surface area contributed by atoms with Crippen LogP contribution >= 0.6 is 11.3 Å². The van der Waals surface area contributed by atoms with E-state index in [4.69, 9.17) is 4.74 Å². The van der Waals surface area contributed by atoms with Gasteiger partial charge in [-0.1, -0.05) is 12.1 Å². The molecule has 0 bridgehead atoms. The quantitative estimate of drug-likeness (QED) is 0.783. The molecule has 1 N–H and O–H groups in total. The lowest BCUT2D eigenvalue weighted by atomic mass is 9.95. The highest BCUT2D eigenvalue weighted by atomic mass is 32.1. The number of carbonyl (C=O) groups is 2. The van der Waals surface area contributed by atoms with Crippen LogP contribution in [0.3, 0.4) is 0 Å². The fourth-order valence-corrected chi connectivity index (χ4v) is 4.34. The number of benzene rings is 1. The summed E-state index contributed by atoms with van der Waals surface area (Å²) in [7, 11) is 1.24. The summed E-state index contributed by atoms with van der Waals surface area (Å²) in [5.74, 6) is -1.49. The molecule has 0 saturated carbocycles. The summed E-state index contributed by atoms with van der Waals surface area (Å²) in [6, 6.07) is 4.56. The lowest BCUT2D eigenvalue weighted by Gasteiger charge is -2.13. The molecule has 1 aliphatic rings. The number of anilines is 1. The molecule has 0 atom stereocenters. The van der Waals surface area contributed by atoms with E-state index < -0.39 is 29.2 Å². The van der Waals surface area contributed by atoms with Crippen LogP contribution in [0.15, 0.2) is 24.3 Å². The summed E-state index contributed by atoms with van der Waals surface area (Å²) >= 11 is 1.23. The molecular formula is C18H16F3NO3S. The maximum atomic E-state index is 13.1. The molecule has 0 aliphatic heterocycles. The monoisotopic (exact) mass is 383 g/mol. The molecule has 0 radical (unpaired) electrons. The molecule has 2 aromatic rings. The van der Waals surface area contributed by atoms with Gasteiger partial charge in [-0.2, -0.15) is 13.2 Å². The number of ether oxygens (including phenoxy) is 1. The number of methoxy groups -OCH3 is 1. The van der Waals surface area contributed by atoms with Crippen LogP contribution in [0.2, 0.25) is 0 Å². The first-order chi connectivity index (χ1) is 12.3. The molecule has 138 valence electrons. The fraction of sp³-hybridized carbons (Fsp3) is 0.333. The Labute approximate surface area is 152 Å². The first-order valence-electron chi connectivity index (χ1n) is 8.03. The maximum Gasteiger partial charge on any atom is 0.417 e. The van der Waals surface area contributed by atoms with Crippen molar-refractivity contribution >= 4 is 28.2 Å². The van der Waals surface area contributed by atoms with E-state index in [1.165, 1.54) is 30.6 Å². The number of halogens is 3. The highest BCUT2D eigenvalue weighted by molar-refractivity contribution is 7.17. The van der Waals surface area contributed by atoms with E-state index in [0.717, 1.165) is 41.8 Å². The van der Waals surface area contributed by atoms with Gasteiger partial charge in [0, 0.05) is 4.88 Å². The number of nitrogens with one attached hydrogen (secondary N) is 1. The molecule has 8 heteroatoms. The van der Waals surface area contributed by atoms with Gasteiger partial charge in [0.25, 0.3) is 5.91 Å². The van der Waals surface area contributed by atoms with Gasteiger partial charge in [0.2, 0.25) is 0 Å². The Hall–Kier alpha value is -2.35. The molecule has 26 heavy (non-hydrogen) atoms. The Morgan fingerprint density at radius 2 is 1.85 bits per heavy atom. The van der Waals surface area contributed by atoms with E-state index in [1.807, 2.05) is 0 Å². The predicted molar refractivity (Wildman–Crippen MR) is 91.7 cm³/mol. The number of amides is 1. The van der Waals surface area contributed by atoms with Gasteiger partial charge in [-0.05, 0) is 43.4 Å². The van der Waals surface area contributed by atoms with Crippen LogP contribution in [0.4, 0.5) is 18.2 Å². The van der Waals surface area contributed by atoms with Gasteiger partial charge >= 0.3 is 12.1 Å². The van der Waals surface area contributed by atoms with Crippen molar-refractivity contribution in [1.29, 1.82) is 0 Å². The Bertz CT molecular complexity index is 858. The summed E-state index contributed by atoms with van der Waals surface area (Å²) in [6.45, 7) is 0. The first-order valence-corrected chi connectivity index (χ1v) is 8.85. The SMILES string of the molecule is COC(=O)c1c(NC(=O)c2ccccc2C(F)(F)F)sc2c1CCCC2. The zero-order valence-electron chi connectivity index (χ0n) is 13.9. The average Bonchev–Trinajstić information content (AvgIpc) is 2.98. The maximum absolute atomic E-state index is 13.1. The van der Waals surface area contributed by atoms with Crippen molar-refractivity contribution in [2.45, 2.75) is 31.9 Å². The third kappa shape index (κ3) is 3.46. The zero-order chi connectivity index (χ0) is 18.9. The Morgan fingerprint density at radius 1 is 1.15 bits per heavy atom. The molecule has 1 aliphatic carbocycles. The standard InChI is InChI=1S/C18H16F3NO3S/c1-25-17(24)14-11-7-3-5-9-13(11)26-16(14)22-15(23)10-6-2-4-8-12(10)18(19,20)21/h2,4,6,8H,3,5,7,9H2,1H3,(H,22,23). The predicted octanol–water partition coefficient (Wildman–Crippen LogP) is 4.68. The van der Waals surface area contributed by atoms with Crippen LogP contribution in [0, 0.1) is 0 Å². The van der Waals surface area contributed by atoms with Crippen LogP contribution < -0.4 is 5.32 Å². The van der Waals surface area contributed by atoms with E-state index in [-0.39, 0.29) is 10.6 Å². The van der Waals surface area contributed by atoms with Crippen molar-refractivity contribution in [3.05, 3.63) is 51.4 Å². The molecule has 1 heterocycles. The lowest BCUT2D eigenvalue weighted by Crippen LogP contribution is -2.19. The third-order valence-corrected chi connectivity index (χ3v) is 5.47. The van der Waals surface area contributed by atoms with Crippen molar-refractivity contribution in [3.63, 3.8) is 0 Å². The second kappa shape index (κ2) is 7.11. The summed E-state index contributed by atoms with van der Waals surface area (Å²) < 4.78 is 44.2. The molecule has 0 fully saturated rings. The molecule has 0 saturated heterocycles. The van der Waals surface area contributed by atoms with Crippen LogP contribution in [0.5, 0.6) is 0 Å². The molecule has 0 unspecified atom stereocenters. The Kier molecular flexibility index (Phi) is 5.04. The van der Waals surface area contributed by atoms with E-state index in [9.17, 15) is 22.8 Å². The second-order valence-electron chi connectivity index (χ2n) is 5.90. The minimum Gasteiger partial charge on any atom is -0.465 e. The van der Waals surface area contributed by atoms with Crippen molar-refractivity contribution in [1.82, 2.24) is 0 Å². The van der Waals surface area contributed by atoms with E-state index >= 15 is 0 Å². The normalized spacial score (nSPS) is 13.8. The van der Waals surface area contributed by atoms with Crippen molar-refractivity contribution in [2.75, 3.05) is 12.4 Å². The smallest absolute Gasteiger partial charge is 0.417 e. The minimum absolute atomic E-state index is 0.241. The number of rotatable bonds is 3. The lowest BCUT2D eigenvalue weighted by molar-refractivity contribution is -0.137. The van der Waals surface area contributed by atoms with Gasteiger partial charge < -0.3 is 10.1 Å². The van der Waals surface area contributed by atoms with Crippen molar-refractivity contribution < 1.29 is 27.5 Å². The summed E-state index contributed by atoms with van der Waals surface area (Å²) in [6.07, 6.45) is -1.30. The Balaban J connectivity index is 1.99. The summed E-state index contributed by atoms with van der Waals surface area (Å²) in [5.41, 5.74) is -0.418. The van der Waals surface area contributed by atoms with Crippen molar-refractivity contribution in [2.24, 2.45) is 0 Å².